The quantitative estimate of drug-likeness (QED) is 0.770. The van der Waals surface area contributed by atoms with Crippen LogP contribution in [0.4, 0.5) is 0 Å². The SMILES string of the molecule is C=C(Br)CN(C)C(C)C(C)S(C)(=O)=O. The summed E-state index contributed by atoms with van der Waals surface area (Å²) < 4.78 is 23.5. The zero-order valence-corrected chi connectivity index (χ0v) is 11.5. The summed E-state index contributed by atoms with van der Waals surface area (Å²) in [5.74, 6) is 0. The van der Waals surface area contributed by atoms with Crippen LogP contribution in [0.3, 0.4) is 0 Å². The molecule has 0 aromatic rings. The molecule has 2 atom stereocenters. The van der Waals surface area contributed by atoms with E-state index in [-0.39, 0.29) is 11.3 Å². The number of likely N-dealkylation sites (N-methyl/N-ethyl adjacent to an activating group) is 1. The van der Waals surface area contributed by atoms with Crippen LogP contribution in [0.15, 0.2) is 11.1 Å². The molecule has 0 heterocycles. The van der Waals surface area contributed by atoms with Gasteiger partial charge in [0.1, 0.15) is 0 Å². The fraction of sp³-hybridized carbons (Fsp3) is 0.778. The monoisotopic (exact) mass is 283 g/mol. The summed E-state index contributed by atoms with van der Waals surface area (Å²) in [4.78, 5) is 1.96. The van der Waals surface area contributed by atoms with E-state index >= 15 is 0 Å². The third-order valence-electron chi connectivity index (χ3n) is 2.47. The Morgan fingerprint density at radius 2 is 1.93 bits per heavy atom. The minimum Gasteiger partial charge on any atom is -0.298 e. The highest BCUT2D eigenvalue weighted by molar-refractivity contribution is 9.11. The van der Waals surface area contributed by atoms with E-state index in [0.717, 1.165) is 4.48 Å². The van der Waals surface area contributed by atoms with Gasteiger partial charge in [-0.2, -0.15) is 0 Å². The molecule has 0 aromatic carbocycles. The molecule has 0 spiro atoms. The van der Waals surface area contributed by atoms with E-state index in [0.29, 0.717) is 6.54 Å². The zero-order chi connectivity index (χ0) is 11.5. The molecule has 14 heavy (non-hydrogen) atoms. The van der Waals surface area contributed by atoms with Gasteiger partial charge in [-0.3, -0.25) is 4.90 Å². The van der Waals surface area contributed by atoms with Gasteiger partial charge in [0, 0.05) is 23.3 Å². The van der Waals surface area contributed by atoms with Gasteiger partial charge in [-0.05, 0) is 20.9 Å². The van der Waals surface area contributed by atoms with E-state index in [1.54, 1.807) is 6.92 Å². The number of nitrogens with zero attached hydrogens (tertiary/aromatic N) is 1. The van der Waals surface area contributed by atoms with Gasteiger partial charge in [-0.25, -0.2) is 8.42 Å². The first-order chi connectivity index (χ1) is 6.16. The van der Waals surface area contributed by atoms with Crippen LogP contribution in [0.5, 0.6) is 0 Å². The van der Waals surface area contributed by atoms with Crippen molar-refractivity contribution in [3.63, 3.8) is 0 Å². The fourth-order valence-electron chi connectivity index (χ4n) is 1.13. The van der Waals surface area contributed by atoms with Crippen LogP contribution in [0.1, 0.15) is 13.8 Å². The van der Waals surface area contributed by atoms with Gasteiger partial charge in [0.25, 0.3) is 0 Å². The molecule has 0 saturated heterocycles. The zero-order valence-electron chi connectivity index (χ0n) is 9.12. The summed E-state index contributed by atoms with van der Waals surface area (Å²) in [6.07, 6.45) is 1.27. The fourth-order valence-corrected chi connectivity index (χ4v) is 2.45. The van der Waals surface area contributed by atoms with Crippen LogP contribution in [-0.2, 0) is 9.84 Å². The van der Waals surface area contributed by atoms with Crippen molar-refractivity contribution in [3.05, 3.63) is 11.1 Å². The number of sulfone groups is 1. The van der Waals surface area contributed by atoms with Crippen molar-refractivity contribution in [2.75, 3.05) is 19.8 Å². The molecule has 0 aromatic heterocycles. The smallest absolute Gasteiger partial charge is 0.151 e. The molecule has 0 fully saturated rings. The van der Waals surface area contributed by atoms with E-state index < -0.39 is 9.84 Å². The second-order valence-electron chi connectivity index (χ2n) is 3.71. The normalized spacial score (nSPS) is 16.7. The molecule has 0 N–H and O–H groups in total. The van der Waals surface area contributed by atoms with Gasteiger partial charge in [0.05, 0.1) is 5.25 Å². The molecule has 0 rings (SSSR count). The Labute approximate surface area is 95.2 Å². The van der Waals surface area contributed by atoms with Crippen LogP contribution in [0, 0.1) is 0 Å². The lowest BCUT2D eigenvalue weighted by atomic mass is 10.2. The molecule has 0 aliphatic rings. The van der Waals surface area contributed by atoms with Crippen molar-refractivity contribution < 1.29 is 8.42 Å². The molecule has 84 valence electrons. The Balaban J connectivity index is 4.47. The first-order valence-corrected chi connectivity index (χ1v) is 7.13. The summed E-state index contributed by atoms with van der Waals surface area (Å²) in [6, 6.07) is -0.0145. The van der Waals surface area contributed by atoms with Gasteiger partial charge in [0.2, 0.25) is 0 Å². The van der Waals surface area contributed by atoms with Gasteiger partial charge in [-0.1, -0.05) is 22.5 Å². The topological polar surface area (TPSA) is 37.4 Å². The number of rotatable bonds is 5. The summed E-state index contributed by atoms with van der Waals surface area (Å²) >= 11 is 3.26. The molecule has 0 aliphatic heterocycles. The van der Waals surface area contributed by atoms with Gasteiger partial charge in [0.15, 0.2) is 9.84 Å². The average molecular weight is 284 g/mol. The second-order valence-corrected chi connectivity index (χ2v) is 7.23. The molecule has 0 saturated carbocycles. The number of hydrogen-bond donors (Lipinski definition) is 0. The van der Waals surface area contributed by atoms with E-state index in [1.807, 2.05) is 18.9 Å². The molecule has 0 amide bonds. The molecular formula is C9H18BrNO2S. The Morgan fingerprint density at radius 1 is 1.50 bits per heavy atom. The van der Waals surface area contributed by atoms with Gasteiger partial charge < -0.3 is 0 Å². The predicted molar refractivity (Wildman–Crippen MR) is 64.5 cm³/mol. The van der Waals surface area contributed by atoms with E-state index in [4.69, 9.17) is 0 Å². The molecule has 3 nitrogen and oxygen atoms in total. The molecule has 2 unspecified atom stereocenters. The van der Waals surface area contributed by atoms with Crippen LogP contribution < -0.4 is 0 Å². The summed E-state index contributed by atoms with van der Waals surface area (Å²) in [7, 11) is -1.08. The summed E-state index contributed by atoms with van der Waals surface area (Å²) in [5, 5.41) is -0.362. The van der Waals surface area contributed by atoms with Crippen LogP contribution in [0.2, 0.25) is 0 Å². The Morgan fingerprint density at radius 3 is 2.21 bits per heavy atom. The van der Waals surface area contributed by atoms with Gasteiger partial charge >= 0.3 is 0 Å². The number of hydrogen-bond acceptors (Lipinski definition) is 3. The Hall–Kier alpha value is 0.130. The minimum absolute atomic E-state index is 0.0145. The lowest BCUT2D eigenvalue weighted by molar-refractivity contribution is 0.278. The maximum atomic E-state index is 11.3. The molecule has 0 aliphatic carbocycles. The minimum atomic E-state index is -2.97. The van der Waals surface area contributed by atoms with E-state index in [1.165, 1.54) is 6.26 Å². The molecule has 5 heteroatoms. The second kappa shape index (κ2) is 5.28. The van der Waals surface area contributed by atoms with Crippen molar-refractivity contribution in [1.29, 1.82) is 0 Å². The predicted octanol–water partition coefficient (Wildman–Crippen LogP) is 1.65. The summed E-state index contributed by atoms with van der Waals surface area (Å²) in [5.41, 5.74) is 0. The van der Waals surface area contributed by atoms with Crippen molar-refractivity contribution in [3.8, 4) is 0 Å². The first-order valence-electron chi connectivity index (χ1n) is 4.38. The standard InChI is InChI=1S/C9H18BrNO2S/c1-7(10)6-11(4)8(2)9(3)14(5,12)13/h8-9H,1,6H2,2-5H3. The van der Waals surface area contributed by atoms with Gasteiger partial charge in [-0.15, -0.1) is 0 Å². The third kappa shape index (κ3) is 4.57. The van der Waals surface area contributed by atoms with Crippen molar-refractivity contribution >= 4 is 25.8 Å². The number of halogens is 1. The highest BCUT2D eigenvalue weighted by Gasteiger charge is 2.25. The van der Waals surface area contributed by atoms with Crippen molar-refractivity contribution in [1.82, 2.24) is 4.90 Å². The maximum absolute atomic E-state index is 11.3. The lowest BCUT2D eigenvalue weighted by Gasteiger charge is -2.28. The highest BCUT2D eigenvalue weighted by Crippen LogP contribution is 2.12. The maximum Gasteiger partial charge on any atom is 0.151 e. The first kappa shape index (κ1) is 14.1. The Kier molecular flexibility index (Phi) is 5.33. The third-order valence-corrected chi connectivity index (χ3v) is 4.47. The lowest BCUT2D eigenvalue weighted by Crippen LogP contribution is -2.41. The average Bonchev–Trinajstić information content (AvgIpc) is 1.98. The van der Waals surface area contributed by atoms with E-state index in [2.05, 4.69) is 22.5 Å². The van der Waals surface area contributed by atoms with Crippen LogP contribution >= 0.6 is 15.9 Å². The molecular weight excluding hydrogens is 266 g/mol. The summed E-state index contributed by atoms with van der Waals surface area (Å²) in [6.45, 7) is 8.01. The molecule has 0 radical (unpaired) electrons. The van der Waals surface area contributed by atoms with Crippen LogP contribution in [0.25, 0.3) is 0 Å². The Bertz CT molecular complexity index is 300. The van der Waals surface area contributed by atoms with Crippen molar-refractivity contribution in [2.24, 2.45) is 0 Å². The highest BCUT2D eigenvalue weighted by atomic mass is 79.9. The van der Waals surface area contributed by atoms with Crippen LogP contribution in [-0.4, -0.2) is 44.5 Å². The van der Waals surface area contributed by atoms with Crippen molar-refractivity contribution in [2.45, 2.75) is 25.1 Å². The molecule has 0 bridgehead atoms. The largest absolute Gasteiger partial charge is 0.298 e. The van der Waals surface area contributed by atoms with E-state index in [9.17, 15) is 8.42 Å².